The molecule has 0 N–H and O–H groups in total. The highest BCUT2D eigenvalue weighted by atomic mass is 16.5. The summed E-state index contributed by atoms with van der Waals surface area (Å²) in [4.78, 5) is 39.5. The van der Waals surface area contributed by atoms with Crippen LogP contribution in [0.15, 0.2) is 42.5 Å². The second kappa shape index (κ2) is 7.61. The summed E-state index contributed by atoms with van der Waals surface area (Å²) in [5.41, 5.74) is 0.914. The second-order valence-corrected chi connectivity index (χ2v) is 6.09. The van der Waals surface area contributed by atoms with Crippen molar-refractivity contribution in [3.63, 3.8) is 0 Å². The van der Waals surface area contributed by atoms with Gasteiger partial charge in [-0.1, -0.05) is 12.1 Å². The van der Waals surface area contributed by atoms with Crippen molar-refractivity contribution in [1.82, 2.24) is 4.90 Å². The predicted octanol–water partition coefficient (Wildman–Crippen LogP) is 3.35. The van der Waals surface area contributed by atoms with Gasteiger partial charge in [0, 0.05) is 0 Å². The number of nitrogens with zero attached hydrogens (tertiary/aromatic N) is 1. The van der Waals surface area contributed by atoms with E-state index in [1.54, 1.807) is 49.4 Å². The van der Waals surface area contributed by atoms with Gasteiger partial charge in [-0.25, -0.2) is 0 Å². The Morgan fingerprint density at radius 2 is 1.56 bits per heavy atom. The molecule has 6 nitrogen and oxygen atoms in total. The molecule has 2 aromatic carbocycles. The molecule has 3 rings (SSSR count). The minimum Gasteiger partial charge on any atom is -0.494 e. The molecule has 1 aliphatic rings. The first kappa shape index (κ1) is 18.6. The molecule has 0 radical (unpaired) electrons. The smallest absolute Gasteiger partial charge is 0.262 e. The molecule has 27 heavy (non-hydrogen) atoms. The van der Waals surface area contributed by atoms with Crippen LogP contribution in [0, 0.1) is 0 Å². The van der Waals surface area contributed by atoms with Crippen LogP contribution in [0.2, 0.25) is 0 Å². The normalized spacial score (nSPS) is 14.1. The summed E-state index contributed by atoms with van der Waals surface area (Å²) in [6.07, 6.45) is 0. The quantitative estimate of drug-likeness (QED) is 0.554. The highest BCUT2D eigenvalue weighted by molar-refractivity contribution is 6.23. The lowest BCUT2D eigenvalue weighted by Gasteiger charge is -2.22. The monoisotopic (exact) mass is 367 g/mol. The third-order valence-corrected chi connectivity index (χ3v) is 4.42. The van der Waals surface area contributed by atoms with Gasteiger partial charge in [-0.3, -0.25) is 19.3 Å². The Hall–Kier alpha value is -3.15. The fraction of sp³-hybridized carbons (Fsp3) is 0.286. The highest BCUT2D eigenvalue weighted by Crippen LogP contribution is 2.30. The van der Waals surface area contributed by atoms with Crippen LogP contribution in [0.25, 0.3) is 0 Å². The van der Waals surface area contributed by atoms with E-state index in [9.17, 15) is 14.4 Å². The van der Waals surface area contributed by atoms with Gasteiger partial charge >= 0.3 is 0 Å². The first-order valence-corrected chi connectivity index (χ1v) is 8.90. The van der Waals surface area contributed by atoms with Crippen molar-refractivity contribution < 1.29 is 23.9 Å². The average Bonchev–Trinajstić information content (AvgIpc) is 2.93. The van der Waals surface area contributed by atoms with Crippen molar-refractivity contribution in [3.05, 3.63) is 59.2 Å². The van der Waals surface area contributed by atoms with E-state index in [4.69, 9.17) is 9.47 Å². The van der Waals surface area contributed by atoms with Gasteiger partial charge in [0.25, 0.3) is 11.8 Å². The van der Waals surface area contributed by atoms with Gasteiger partial charge in [0.1, 0.15) is 17.5 Å². The number of rotatable bonds is 7. The van der Waals surface area contributed by atoms with Crippen LogP contribution in [0.4, 0.5) is 0 Å². The largest absolute Gasteiger partial charge is 0.494 e. The van der Waals surface area contributed by atoms with Crippen molar-refractivity contribution >= 4 is 17.6 Å². The first-order valence-electron chi connectivity index (χ1n) is 8.90. The number of fused-ring (bicyclic) bond motifs is 1. The number of carbonyl (C=O) groups is 3. The number of imide groups is 1. The summed E-state index contributed by atoms with van der Waals surface area (Å²) in [5, 5.41) is 0. The lowest BCUT2D eigenvalue weighted by molar-refractivity contribution is 0.0554. The number of hydrogen-bond acceptors (Lipinski definition) is 5. The van der Waals surface area contributed by atoms with Crippen LogP contribution >= 0.6 is 0 Å². The van der Waals surface area contributed by atoms with Gasteiger partial charge in [-0.05, 0) is 51.1 Å². The molecule has 1 atom stereocenters. The second-order valence-electron chi connectivity index (χ2n) is 6.09. The van der Waals surface area contributed by atoms with Crippen LogP contribution < -0.4 is 9.47 Å². The molecule has 140 valence electrons. The Labute approximate surface area is 157 Å². The minimum absolute atomic E-state index is 0.284. The molecule has 0 saturated carbocycles. The third-order valence-electron chi connectivity index (χ3n) is 4.42. The number of ketones is 1. The maximum atomic E-state index is 13.1. The van der Waals surface area contributed by atoms with E-state index < -0.39 is 17.9 Å². The lowest BCUT2D eigenvalue weighted by Crippen LogP contribution is -2.43. The SMILES string of the molecule is CCOc1ccc(OCC)c(C(=O)C(C)N2C(=O)c3ccccc3C2=O)c1. The molecule has 0 fully saturated rings. The zero-order valence-electron chi connectivity index (χ0n) is 15.5. The van der Waals surface area contributed by atoms with Crippen LogP contribution in [0.5, 0.6) is 11.5 Å². The summed E-state index contributed by atoms with van der Waals surface area (Å²) < 4.78 is 11.0. The summed E-state index contributed by atoms with van der Waals surface area (Å²) >= 11 is 0. The van der Waals surface area contributed by atoms with Gasteiger partial charge in [0.2, 0.25) is 0 Å². The van der Waals surface area contributed by atoms with Crippen molar-refractivity contribution in [3.8, 4) is 11.5 Å². The summed E-state index contributed by atoms with van der Waals surface area (Å²) in [6, 6.07) is 10.6. The fourth-order valence-electron chi connectivity index (χ4n) is 3.14. The molecule has 0 aromatic heterocycles. The van der Waals surface area contributed by atoms with Crippen molar-refractivity contribution in [2.24, 2.45) is 0 Å². The average molecular weight is 367 g/mol. The summed E-state index contributed by atoms with van der Waals surface area (Å²) in [6.45, 7) is 6.05. The summed E-state index contributed by atoms with van der Waals surface area (Å²) in [7, 11) is 0. The predicted molar refractivity (Wildman–Crippen MR) is 99.5 cm³/mol. The molecule has 1 heterocycles. The lowest BCUT2D eigenvalue weighted by atomic mass is 10.0. The first-order chi connectivity index (χ1) is 13.0. The molecule has 1 unspecified atom stereocenters. The van der Waals surface area contributed by atoms with E-state index in [1.807, 2.05) is 13.8 Å². The van der Waals surface area contributed by atoms with E-state index >= 15 is 0 Å². The Bertz CT molecular complexity index is 870. The Morgan fingerprint density at radius 3 is 2.11 bits per heavy atom. The molecule has 0 aliphatic carbocycles. The zero-order chi connectivity index (χ0) is 19.6. The standard InChI is InChI=1S/C21H21NO5/c1-4-26-14-10-11-18(27-5-2)17(12-14)19(23)13(3)22-20(24)15-8-6-7-9-16(15)21(22)25/h6-13H,4-5H2,1-3H3. The van der Waals surface area contributed by atoms with E-state index in [1.165, 1.54) is 0 Å². The van der Waals surface area contributed by atoms with Gasteiger partial charge in [-0.15, -0.1) is 0 Å². The van der Waals surface area contributed by atoms with Crippen molar-refractivity contribution in [1.29, 1.82) is 0 Å². The molecule has 0 bridgehead atoms. The maximum Gasteiger partial charge on any atom is 0.262 e. The molecule has 6 heteroatoms. The summed E-state index contributed by atoms with van der Waals surface area (Å²) in [5.74, 6) is -0.381. The van der Waals surface area contributed by atoms with E-state index in [0.29, 0.717) is 35.8 Å². The van der Waals surface area contributed by atoms with E-state index in [-0.39, 0.29) is 11.3 Å². The van der Waals surface area contributed by atoms with Gasteiger partial charge in [-0.2, -0.15) is 0 Å². The van der Waals surface area contributed by atoms with Gasteiger partial charge in [0.15, 0.2) is 5.78 Å². The number of benzene rings is 2. The Morgan fingerprint density at radius 1 is 0.963 bits per heavy atom. The van der Waals surface area contributed by atoms with Gasteiger partial charge < -0.3 is 9.47 Å². The van der Waals surface area contributed by atoms with Gasteiger partial charge in [0.05, 0.1) is 29.9 Å². The molecule has 2 amide bonds. The van der Waals surface area contributed by atoms with Crippen molar-refractivity contribution in [2.45, 2.75) is 26.8 Å². The molecular formula is C21H21NO5. The molecule has 1 aliphatic heterocycles. The van der Waals surface area contributed by atoms with Crippen LogP contribution in [-0.2, 0) is 0 Å². The highest BCUT2D eigenvalue weighted by Gasteiger charge is 2.41. The third kappa shape index (κ3) is 3.30. The van der Waals surface area contributed by atoms with Crippen molar-refractivity contribution in [2.75, 3.05) is 13.2 Å². The Balaban J connectivity index is 1.95. The number of amides is 2. The number of carbonyl (C=O) groups excluding carboxylic acids is 3. The molecule has 2 aromatic rings. The maximum absolute atomic E-state index is 13.1. The number of Topliss-reactive ketones (excluding diaryl/α,β-unsaturated/α-hetero) is 1. The number of ether oxygens (including phenoxy) is 2. The topological polar surface area (TPSA) is 72.9 Å². The molecular weight excluding hydrogens is 346 g/mol. The van der Waals surface area contributed by atoms with Crippen LogP contribution in [-0.4, -0.2) is 41.8 Å². The minimum atomic E-state index is -0.964. The zero-order valence-corrected chi connectivity index (χ0v) is 15.5. The van der Waals surface area contributed by atoms with Crippen LogP contribution in [0.3, 0.4) is 0 Å². The van der Waals surface area contributed by atoms with Crippen LogP contribution in [0.1, 0.15) is 51.8 Å². The van der Waals surface area contributed by atoms with E-state index in [0.717, 1.165) is 4.90 Å². The number of hydrogen-bond donors (Lipinski definition) is 0. The Kier molecular flexibility index (Phi) is 5.26. The molecule has 0 spiro atoms. The fourth-order valence-corrected chi connectivity index (χ4v) is 3.14. The molecule has 0 saturated heterocycles. The van der Waals surface area contributed by atoms with E-state index in [2.05, 4.69) is 0 Å².